The van der Waals surface area contributed by atoms with Crippen LogP contribution >= 0.6 is 0 Å². The van der Waals surface area contributed by atoms with Crippen molar-refractivity contribution in [2.75, 3.05) is 17.2 Å². The summed E-state index contributed by atoms with van der Waals surface area (Å²) in [5, 5.41) is 13.8. The van der Waals surface area contributed by atoms with Crippen LogP contribution in [0.2, 0.25) is 0 Å². The third kappa shape index (κ3) is 4.88. The Labute approximate surface area is 156 Å². The molecule has 1 amide bonds. The summed E-state index contributed by atoms with van der Waals surface area (Å²) in [5.74, 6) is -0.216. The molecule has 2 aromatic carbocycles. The number of rotatable bonds is 6. The van der Waals surface area contributed by atoms with E-state index in [9.17, 15) is 9.59 Å². The van der Waals surface area contributed by atoms with E-state index < -0.39 is 0 Å². The molecule has 1 aromatic heterocycles. The minimum atomic E-state index is -0.363. The summed E-state index contributed by atoms with van der Waals surface area (Å²) in [7, 11) is 0. The predicted molar refractivity (Wildman–Crippen MR) is 102 cm³/mol. The molecule has 0 aliphatic rings. The minimum Gasteiger partial charge on any atom is -0.462 e. The van der Waals surface area contributed by atoms with Gasteiger partial charge in [0.25, 0.3) is 5.91 Å². The van der Waals surface area contributed by atoms with Gasteiger partial charge in [0.2, 0.25) is 0 Å². The summed E-state index contributed by atoms with van der Waals surface area (Å²) in [6.45, 7) is 2.09. The molecule has 3 aromatic rings. The lowest BCUT2D eigenvalue weighted by atomic mass is 10.2. The van der Waals surface area contributed by atoms with E-state index in [2.05, 4.69) is 20.8 Å². The van der Waals surface area contributed by atoms with E-state index in [1.807, 2.05) is 18.2 Å². The van der Waals surface area contributed by atoms with Crippen LogP contribution in [0.5, 0.6) is 0 Å². The van der Waals surface area contributed by atoms with Crippen molar-refractivity contribution in [3.05, 3.63) is 78.0 Å². The molecular formula is C20H18N4O3. The number of para-hydroxylation sites is 1. The number of ether oxygens (including phenoxy) is 1. The number of anilines is 3. The molecule has 0 saturated heterocycles. The Kier molecular flexibility index (Phi) is 5.73. The molecule has 136 valence electrons. The standard InChI is InChI=1S/C20H18N4O3/c1-2-27-20(26)14-8-10-16(11-9-14)21-18-13-12-17(23-24-18)19(25)22-15-6-4-3-5-7-15/h3-13H,2H2,1H3,(H,21,24)(H,22,25). The van der Waals surface area contributed by atoms with Gasteiger partial charge in [-0.15, -0.1) is 10.2 Å². The molecule has 0 fully saturated rings. The van der Waals surface area contributed by atoms with Crippen LogP contribution in [-0.2, 0) is 4.74 Å². The highest BCUT2D eigenvalue weighted by Crippen LogP contribution is 2.16. The maximum absolute atomic E-state index is 12.2. The van der Waals surface area contributed by atoms with Crippen molar-refractivity contribution in [3.63, 3.8) is 0 Å². The van der Waals surface area contributed by atoms with Crippen LogP contribution in [0.3, 0.4) is 0 Å². The highest BCUT2D eigenvalue weighted by Gasteiger charge is 2.09. The molecule has 0 aliphatic carbocycles. The number of carbonyl (C=O) groups is 2. The van der Waals surface area contributed by atoms with E-state index in [-0.39, 0.29) is 17.6 Å². The molecule has 2 N–H and O–H groups in total. The zero-order valence-corrected chi connectivity index (χ0v) is 14.7. The van der Waals surface area contributed by atoms with E-state index in [0.717, 1.165) is 5.69 Å². The Balaban J connectivity index is 1.62. The molecule has 0 saturated carbocycles. The third-order valence-corrected chi connectivity index (χ3v) is 3.60. The Morgan fingerprint density at radius 2 is 1.63 bits per heavy atom. The molecule has 0 atom stereocenters. The van der Waals surface area contributed by atoms with Crippen LogP contribution in [-0.4, -0.2) is 28.7 Å². The molecule has 0 aliphatic heterocycles. The van der Waals surface area contributed by atoms with Crippen LogP contribution < -0.4 is 10.6 Å². The molecule has 7 heteroatoms. The Hall–Kier alpha value is -3.74. The molecule has 0 unspecified atom stereocenters. The van der Waals surface area contributed by atoms with Gasteiger partial charge in [-0.05, 0) is 55.5 Å². The second-order valence-electron chi connectivity index (χ2n) is 5.55. The second-order valence-corrected chi connectivity index (χ2v) is 5.55. The highest BCUT2D eigenvalue weighted by molar-refractivity contribution is 6.02. The number of hydrogen-bond acceptors (Lipinski definition) is 6. The zero-order chi connectivity index (χ0) is 19.1. The quantitative estimate of drug-likeness (QED) is 0.650. The van der Waals surface area contributed by atoms with Gasteiger partial charge in [-0.2, -0.15) is 0 Å². The Bertz CT molecular complexity index is 910. The number of nitrogens with one attached hydrogen (secondary N) is 2. The minimum absolute atomic E-state index is 0.210. The zero-order valence-electron chi connectivity index (χ0n) is 14.7. The molecule has 27 heavy (non-hydrogen) atoms. The average molecular weight is 362 g/mol. The topological polar surface area (TPSA) is 93.2 Å². The van der Waals surface area contributed by atoms with Crippen LogP contribution in [0, 0.1) is 0 Å². The van der Waals surface area contributed by atoms with Gasteiger partial charge < -0.3 is 15.4 Å². The van der Waals surface area contributed by atoms with Crippen molar-refractivity contribution in [1.82, 2.24) is 10.2 Å². The van der Waals surface area contributed by atoms with Gasteiger partial charge >= 0.3 is 5.97 Å². The molecule has 0 spiro atoms. The highest BCUT2D eigenvalue weighted by atomic mass is 16.5. The van der Waals surface area contributed by atoms with Crippen molar-refractivity contribution in [1.29, 1.82) is 0 Å². The lowest BCUT2D eigenvalue weighted by molar-refractivity contribution is 0.0526. The van der Waals surface area contributed by atoms with Crippen molar-refractivity contribution in [2.45, 2.75) is 6.92 Å². The summed E-state index contributed by atoms with van der Waals surface area (Å²) in [5.41, 5.74) is 2.11. The maximum Gasteiger partial charge on any atom is 0.338 e. The monoisotopic (exact) mass is 362 g/mol. The number of amides is 1. The van der Waals surface area contributed by atoms with Crippen LogP contribution in [0.15, 0.2) is 66.7 Å². The number of hydrogen-bond donors (Lipinski definition) is 2. The number of esters is 1. The van der Waals surface area contributed by atoms with Gasteiger partial charge in [0.1, 0.15) is 0 Å². The summed E-state index contributed by atoms with van der Waals surface area (Å²) >= 11 is 0. The first-order valence-corrected chi connectivity index (χ1v) is 8.40. The molecule has 0 radical (unpaired) electrons. The summed E-state index contributed by atoms with van der Waals surface area (Å²) in [6.07, 6.45) is 0. The number of carbonyl (C=O) groups excluding carboxylic acids is 2. The van der Waals surface area contributed by atoms with Crippen molar-refractivity contribution < 1.29 is 14.3 Å². The lowest BCUT2D eigenvalue weighted by Crippen LogP contribution is -2.14. The number of benzene rings is 2. The van der Waals surface area contributed by atoms with Gasteiger partial charge in [0.15, 0.2) is 11.5 Å². The van der Waals surface area contributed by atoms with Gasteiger partial charge in [0.05, 0.1) is 12.2 Å². The van der Waals surface area contributed by atoms with Crippen molar-refractivity contribution in [3.8, 4) is 0 Å². The molecule has 0 bridgehead atoms. The smallest absolute Gasteiger partial charge is 0.338 e. The second kappa shape index (κ2) is 8.57. The van der Waals surface area contributed by atoms with E-state index in [1.54, 1.807) is 55.5 Å². The van der Waals surface area contributed by atoms with E-state index in [1.165, 1.54) is 0 Å². The summed E-state index contributed by atoms with van der Waals surface area (Å²) < 4.78 is 4.94. The largest absolute Gasteiger partial charge is 0.462 e. The first-order chi connectivity index (χ1) is 13.2. The maximum atomic E-state index is 12.2. The van der Waals surface area contributed by atoms with E-state index in [4.69, 9.17) is 4.74 Å². The lowest BCUT2D eigenvalue weighted by Gasteiger charge is -2.07. The Morgan fingerprint density at radius 1 is 0.889 bits per heavy atom. The van der Waals surface area contributed by atoms with E-state index >= 15 is 0 Å². The van der Waals surface area contributed by atoms with Gasteiger partial charge in [-0.3, -0.25) is 4.79 Å². The van der Waals surface area contributed by atoms with Crippen LogP contribution in [0.25, 0.3) is 0 Å². The van der Waals surface area contributed by atoms with E-state index in [0.29, 0.717) is 23.7 Å². The van der Waals surface area contributed by atoms with Gasteiger partial charge in [-0.25, -0.2) is 4.79 Å². The fraction of sp³-hybridized carbons (Fsp3) is 0.100. The SMILES string of the molecule is CCOC(=O)c1ccc(Nc2ccc(C(=O)Nc3ccccc3)nn2)cc1. The molecule has 1 heterocycles. The predicted octanol–water partition coefficient (Wildman–Crippen LogP) is 3.65. The third-order valence-electron chi connectivity index (χ3n) is 3.60. The van der Waals surface area contributed by atoms with Crippen molar-refractivity contribution in [2.24, 2.45) is 0 Å². The van der Waals surface area contributed by atoms with Gasteiger partial charge in [0, 0.05) is 11.4 Å². The molecule has 3 rings (SSSR count). The summed E-state index contributed by atoms with van der Waals surface area (Å²) in [4.78, 5) is 23.8. The number of aromatic nitrogens is 2. The van der Waals surface area contributed by atoms with Crippen molar-refractivity contribution >= 4 is 29.1 Å². The van der Waals surface area contributed by atoms with Crippen LogP contribution in [0.1, 0.15) is 27.8 Å². The van der Waals surface area contributed by atoms with Crippen LogP contribution in [0.4, 0.5) is 17.2 Å². The average Bonchev–Trinajstić information content (AvgIpc) is 2.70. The normalized spacial score (nSPS) is 10.1. The fourth-order valence-electron chi connectivity index (χ4n) is 2.29. The summed E-state index contributed by atoms with van der Waals surface area (Å²) in [6, 6.07) is 19.2. The molecular weight excluding hydrogens is 344 g/mol. The van der Waals surface area contributed by atoms with Gasteiger partial charge in [-0.1, -0.05) is 18.2 Å². The number of nitrogens with zero attached hydrogens (tertiary/aromatic N) is 2. The first-order valence-electron chi connectivity index (χ1n) is 8.40. The molecule has 7 nitrogen and oxygen atoms in total. The first kappa shape index (κ1) is 18.1. The Morgan fingerprint density at radius 3 is 2.26 bits per heavy atom. The fourth-order valence-corrected chi connectivity index (χ4v) is 2.29.